The number of alkyl halides is 1. The van der Waals surface area contributed by atoms with Crippen molar-refractivity contribution in [3.8, 4) is 0 Å². The van der Waals surface area contributed by atoms with E-state index in [1.165, 1.54) is 19.3 Å². The number of halogens is 1. The van der Waals surface area contributed by atoms with Crippen LogP contribution < -0.4 is 5.32 Å². The maximum absolute atomic E-state index is 3.29. The van der Waals surface area contributed by atoms with Gasteiger partial charge in [0.25, 0.3) is 0 Å². The molecule has 1 nitrogen and oxygen atoms in total. The summed E-state index contributed by atoms with van der Waals surface area (Å²) in [6, 6.07) is 0. The molecule has 0 saturated heterocycles. The largest absolute Gasteiger partial charge is 0.307 e. The van der Waals surface area contributed by atoms with Gasteiger partial charge in [0.2, 0.25) is 0 Å². The Morgan fingerprint density at radius 2 is 2.12 bits per heavy atom. The van der Waals surface area contributed by atoms with Gasteiger partial charge in [0.15, 0.2) is 0 Å². The Kier molecular flexibility index (Phi) is 7.85. The average Bonchev–Trinajstić information content (AvgIpc) is 1.81. The minimum absolute atomic E-state index is 0.927. The predicted molar refractivity (Wildman–Crippen MR) is 41.3 cm³/mol. The Bertz CT molecular complexity index is 33.5. The van der Waals surface area contributed by atoms with Gasteiger partial charge < -0.3 is 5.32 Å². The molecule has 50 valence electrons. The molecule has 0 aromatic heterocycles. The van der Waals surface area contributed by atoms with Gasteiger partial charge in [0.05, 0.1) is 5.45 Å². The van der Waals surface area contributed by atoms with Crippen molar-refractivity contribution >= 4 is 15.9 Å². The molecule has 0 bridgehead atoms. The first-order valence-corrected chi connectivity index (χ1v) is 4.30. The highest BCUT2D eigenvalue weighted by atomic mass is 79.9. The summed E-state index contributed by atoms with van der Waals surface area (Å²) in [7, 11) is 0. The minimum atomic E-state index is 0.927. The van der Waals surface area contributed by atoms with Crippen LogP contribution in [0.15, 0.2) is 0 Å². The molecular formula is C6H14BrN. The second kappa shape index (κ2) is 7.44. The zero-order chi connectivity index (χ0) is 6.24. The monoisotopic (exact) mass is 179 g/mol. The molecule has 0 radical (unpaired) electrons. The van der Waals surface area contributed by atoms with Gasteiger partial charge in [-0.15, -0.1) is 0 Å². The number of unbranched alkanes of at least 4 members (excludes halogenated alkanes) is 2. The van der Waals surface area contributed by atoms with Gasteiger partial charge in [0, 0.05) is 0 Å². The lowest BCUT2D eigenvalue weighted by Gasteiger charge is -1.96. The highest BCUT2D eigenvalue weighted by Gasteiger charge is 1.82. The standard InChI is InChI=1S/C6H14BrN/c1-2-3-4-5-8-6-7/h8H,2-6H2,1H3. The normalized spacial score (nSPS) is 9.75. The second-order valence-corrected chi connectivity index (χ2v) is 2.40. The first kappa shape index (κ1) is 8.44. The van der Waals surface area contributed by atoms with Crippen LogP contribution in [0.5, 0.6) is 0 Å². The topological polar surface area (TPSA) is 12.0 Å². The van der Waals surface area contributed by atoms with Crippen LogP contribution in [0.25, 0.3) is 0 Å². The molecule has 0 aliphatic heterocycles. The summed E-state index contributed by atoms with van der Waals surface area (Å²) in [6.45, 7) is 3.37. The minimum Gasteiger partial charge on any atom is -0.307 e. The molecule has 0 saturated carbocycles. The molecule has 0 fully saturated rings. The fourth-order valence-electron chi connectivity index (χ4n) is 0.567. The lowest BCUT2D eigenvalue weighted by atomic mass is 10.2. The molecule has 0 heterocycles. The number of rotatable bonds is 5. The fraction of sp³-hybridized carbons (Fsp3) is 1.00. The van der Waals surface area contributed by atoms with Crippen LogP contribution in [0, 0.1) is 0 Å². The fourth-order valence-corrected chi connectivity index (χ4v) is 0.847. The second-order valence-electron chi connectivity index (χ2n) is 1.84. The van der Waals surface area contributed by atoms with Crippen LogP contribution in [0.4, 0.5) is 0 Å². The van der Waals surface area contributed by atoms with Gasteiger partial charge in [-0.3, -0.25) is 0 Å². The number of hydrogen-bond donors (Lipinski definition) is 1. The van der Waals surface area contributed by atoms with E-state index in [4.69, 9.17) is 0 Å². The van der Waals surface area contributed by atoms with Crippen molar-refractivity contribution in [2.75, 3.05) is 12.0 Å². The quantitative estimate of drug-likeness (QED) is 0.388. The Morgan fingerprint density at radius 1 is 1.38 bits per heavy atom. The van der Waals surface area contributed by atoms with Gasteiger partial charge in [-0.05, 0) is 13.0 Å². The van der Waals surface area contributed by atoms with Gasteiger partial charge in [-0.25, -0.2) is 0 Å². The van der Waals surface area contributed by atoms with E-state index in [-0.39, 0.29) is 0 Å². The Morgan fingerprint density at radius 3 is 2.62 bits per heavy atom. The van der Waals surface area contributed by atoms with Gasteiger partial charge >= 0.3 is 0 Å². The first-order chi connectivity index (χ1) is 3.91. The van der Waals surface area contributed by atoms with E-state index < -0.39 is 0 Å². The summed E-state index contributed by atoms with van der Waals surface area (Å²) in [5.74, 6) is 0. The lowest BCUT2D eigenvalue weighted by Crippen LogP contribution is -2.11. The van der Waals surface area contributed by atoms with Crippen molar-refractivity contribution in [2.45, 2.75) is 26.2 Å². The van der Waals surface area contributed by atoms with Crippen molar-refractivity contribution in [3.63, 3.8) is 0 Å². The van der Waals surface area contributed by atoms with Crippen molar-refractivity contribution in [1.29, 1.82) is 0 Å². The SMILES string of the molecule is CCCCCNCBr. The maximum atomic E-state index is 3.29. The van der Waals surface area contributed by atoms with Crippen molar-refractivity contribution < 1.29 is 0 Å². The van der Waals surface area contributed by atoms with E-state index in [0.29, 0.717) is 0 Å². The summed E-state index contributed by atoms with van der Waals surface area (Å²) >= 11 is 3.29. The van der Waals surface area contributed by atoms with Gasteiger partial charge in [-0.1, -0.05) is 35.7 Å². The summed E-state index contributed by atoms with van der Waals surface area (Å²) in [4.78, 5) is 0. The van der Waals surface area contributed by atoms with E-state index in [2.05, 4.69) is 28.2 Å². The predicted octanol–water partition coefficient (Wildman–Crippen LogP) is 2.12. The summed E-state index contributed by atoms with van der Waals surface area (Å²) < 4.78 is 0. The third-order valence-electron chi connectivity index (χ3n) is 1.05. The molecule has 0 spiro atoms. The Balaban J connectivity index is 2.53. The molecular weight excluding hydrogens is 166 g/mol. The molecule has 0 aliphatic rings. The van der Waals surface area contributed by atoms with E-state index in [0.717, 1.165) is 12.0 Å². The zero-order valence-corrected chi connectivity index (χ0v) is 7.00. The molecule has 0 aliphatic carbocycles. The zero-order valence-electron chi connectivity index (χ0n) is 5.41. The smallest absolute Gasteiger partial charge is 0.0517 e. The highest BCUT2D eigenvalue weighted by molar-refractivity contribution is 9.09. The maximum Gasteiger partial charge on any atom is 0.0517 e. The van der Waals surface area contributed by atoms with Gasteiger partial charge in [-0.2, -0.15) is 0 Å². The molecule has 0 atom stereocenters. The van der Waals surface area contributed by atoms with E-state index in [1.54, 1.807) is 0 Å². The van der Waals surface area contributed by atoms with Crippen LogP contribution in [-0.4, -0.2) is 12.0 Å². The van der Waals surface area contributed by atoms with Crippen molar-refractivity contribution in [2.24, 2.45) is 0 Å². The summed E-state index contributed by atoms with van der Waals surface area (Å²) in [5, 5.41) is 3.20. The van der Waals surface area contributed by atoms with Crippen LogP contribution in [-0.2, 0) is 0 Å². The molecule has 0 amide bonds. The van der Waals surface area contributed by atoms with Crippen molar-refractivity contribution in [3.05, 3.63) is 0 Å². The van der Waals surface area contributed by atoms with E-state index in [1.807, 2.05) is 0 Å². The summed E-state index contributed by atoms with van der Waals surface area (Å²) in [5.41, 5.74) is 0.927. The molecule has 2 heteroatoms. The van der Waals surface area contributed by atoms with Crippen LogP contribution >= 0.6 is 15.9 Å². The number of nitrogens with one attached hydrogen (secondary N) is 1. The molecule has 1 N–H and O–H groups in total. The van der Waals surface area contributed by atoms with Gasteiger partial charge in [0.1, 0.15) is 0 Å². The average molecular weight is 180 g/mol. The highest BCUT2D eigenvalue weighted by Crippen LogP contribution is 1.90. The van der Waals surface area contributed by atoms with Crippen molar-refractivity contribution in [1.82, 2.24) is 5.32 Å². The molecule has 0 unspecified atom stereocenters. The van der Waals surface area contributed by atoms with Crippen LogP contribution in [0.1, 0.15) is 26.2 Å². The van der Waals surface area contributed by atoms with Crippen LogP contribution in [0.2, 0.25) is 0 Å². The third-order valence-corrected chi connectivity index (χ3v) is 1.45. The molecule has 0 aromatic rings. The van der Waals surface area contributed by atoms with Crippen LogP contribution in [0.3, 0.4) is 0 Å². The molecule has 0 aromatic carbocycles. The Hall–Kier alpha value is 0.440. The van der Waals surface area contributed by atoms with E-state index in [9.17, 15) is 0 Å². The molecule has 0 rings (SSSR count). The first-order valence-electron chi connectivity index (χ1n) is 3.18. The number of hydrogen-bond acceptors (Lipinski definition) is 1. The molecule has 8 heavy (non-hydrogen) atoms. The summed E-state index contributed by atoms with van der Waals surface area (Å²) in [6.07, 6.45) is 3.96. The third kappa shape index (κ3) is 6.44. The Labute approximate surface area is 60.0 Å². The lowest BCUT2D eigenvalue weighted by molar-refractivity contribution is 0.661. The van der Waals surface area contributed by atoms with E-state index >= 15 is 0 Å².